The molecule has 0 bridgehead atoms. The van der Waals surface area contributed by atoms with Crippen molar-refractivity contribution in [2.24, 2.45) is 7.05 Å². The van der Waals surface area contributed by atoms with Crippen molar-refractivity contribution in [1.82, 2.24) is 24.7 Å². The van der Waals surface area contributed by atoms with Gasteiger partial charge in [0, 0.05) is 44.7 Å². The second-order valence-electron chi connectivity index (χ2n) is 6.69. The highest BCUT2D eigenvalue weighted by atomic mass is 16.5. The van der Waals surface area contributed by atoms with E-state index in [1.807, 2.05) is 25.4 Å². The van der Waals surface area contributed by atoms with E-state index in [2.05, 4.69) is 21.9 Å². The molecule has 26 heavy (non-hydrogen) atoms. The Morgan fingerprint density at radius 3 is 2.88 bits per heavy atom. The first-order valence-electron chi connectivity index (χ1n) is 9.23. The molecule has 136 valence electrons. The molecule has 0 N–H and O–H groups in total. The van der Waals surface area contributed by atoms with Crippen LogP contribution in [-0.2, 0) is 11.8 Å². The van der Waals surface area contributed by atoms with E-state index in [0.717, 1.165) is 61.4 Å². The number of piperidine rings is 1. The summed E-state index contributed by atoms with van der Waals surface area (Å²) in [7, 11) is 1.92. The number of rotatable bonds is 5. The summed E-state index contributed by atoms with van der Waals surface area (Å²) in [5.41, 5.74) is 1.80. The van der Waals surface area contributed by atoms with Crippen LogP contribution in [0.25, 0.3) is 22.4 Å². The first-order valence-corrected chi connectivity index (χ1v) is 9.23. The average Bonchev–Trinajstić information content (AvgIpc) is 3.07. The lowest BCUT2D eigenvalue weighted by atomic mass is 10.1. The molecule has 3 aromatic rings. The van der Waals surface area contributed by atoms with Crippen molar-refractivity contribution >= 4 is 16.9 Å². The van der Waals surface area contributed by atoms with Crippen molar-refractivity contribution in [3.05, 3.63) is 30.7 Å². The molecule has 1 unspecified atom stereocenters. The van der Waals surface area contributed by atoms with Crippen molar-refractivity contribution in [1.29, 1.82) is 0 Å². The third-order valence-corrected chi connectivity index (χ3v) is 4.75. The molecule has 7 nitrogen and oxygen atoms in total. The summed E-state index contributed by atoms with van der Waals surface area (Å²) >= 11 is 0. The number of hydrogen-bond acceptors (Lipinski definition) is 6. The van der Waals surface area contributed by atoms with Crippen molar-refractivity contribution in [2.45, 2.75) is 32.3 Å². The van der Waals surface area contributed by atoms with Crippen molar-refractivity contribution < 1.29 is 4.74 Å². The molecule has 0 saturated carbocycles. The smallest absolute Gasteiger partial charge is 0.164 e. The summed E-state index contributed by atoms with van der Waals surface area (Å²) < 4.78 is 7.81. The van der Waals surface area contributed by atoms with E-state index in [-0.39, 0.29) is 6.10 Å². The number of fused-ring (bicyclic) bond motifs is 1. The number of pyridine rings is 1. The summed E-state index contributed by atoms with van der Waals surface area (Å²) in [5.74, 6) is 1.65. The first-order chi connectivity index (χ1) is 12.8. The molecule has 4 rings (SSSR count). The molecule has 7 heteroatoms. The number of aromatic nitrogens is 5. The maximum absolute atomic E-state index is 6.00. The molecule has 0 amide bonds. The van der Waals surface area contributed by atoms with Crippen LogP contribution in [0.1, 0.15) is 26.2 Å². The third-order valence-electron chi connectivity index (χ3n) is 4.75. The maximum Gasteiger partial charge on any atom is 0.164 e. The summed E-state index contributed by atoms with van der Waals surface area (Å²) in [4.78, 5) is 16.0. The summed E-state index contributed by atoms with van der Waals surface area (Å²) in [6, 6.07) is 3.87. The van der Waals surface area contributed by atoms with Gasteiger partial charge in [0.15, 0.2) is 11.5 Å². The van der Waals surface area contributed by atoms with Gasteiger partial charge in [-0.25, -0.2) is 9.97 Å². The Hall–Kier alpha value is -2.54. The van der Waals surface area contributed by atoms with Crippen molar-refractivity contribution in [3.63, 3.8) is 0 Å². The normalized spacial score (nSPS) is 17.8. The molecule has 0 aliphatic carbocycles. The Labute approximate surface area is 153 Å². The highest BCUT2D eigenvalue weighted by Gasteiger charge is 2.24. The highest BCUT2D eigenvalue weighted by molar-refractivity contribution is 5.88. The van der Waals surface area contributed by atoms with Gasteiger partial charge in [-0.05, 0) is 31.4 Å². The zero-order valence-corrected chi connectivity index (χ0v) is 15.3. The van der Waals surface area contributed by atoms with Crippen LogP contribution < -0.4 is 4.90 Å². The monoisotopic (exact) mass is 352 g/mol. The fraction of sp³-hybridized carbons (Fsp3) is 0.474. The quantitative estimate of drug-likeness (QED) is 0.703. The minimum Gasteiger partial charge on any atom is -0.376 e. The van der Waals surface area contributed by atoms with Crippen molar-refractivity contribution in [2.75, 3.05) is 24.6 Å². The molecule has 0 aromatic carbocycles. The molecule has 1 saturated heterocycles. The van der Waals surface area contributed by atoms with Crippen molar-refractivity contribution in [3.8, 4) is 11.4 Å². The maximum atomic E-state index is 6.00. The molecule has 4 heterocycles. The Morgan fingerprint density at radius 1 is 1.23 bits per heavy atom. The lowest BCUT2D eigenvalue weighted by Crippen LogP contribution is -2.40. The summed E-state index contributed by atoms with van der Waals surface area (Å²) in [5, 5.41) is 5.39. The van der Waals surface area contributed by atoms with E-state index in [0.29, 0.717) is 5.82 Å². The molecule has 3 aromatic heterocycles. The minimum absolute atomic E-state index is 0.259. The van der Waals surface area contributed by atoms with Gasteiger partial charge in [0.25, 0.3) is 0 Å². The topological polar surface area (TPSA) is 69.0 Å². The summed E-state index contributed by atoms with van der Waals surface area (Å²) in [6.45, 7) is 4.79. The van der Waals surface area contributed by atoms with E-state index in [1.165, 1.54) is 0 Å². The number of nitrogens with zero attached hydrogens (tertiary/aromatic N) is 6. The van der Waals surface area contributed by atoms with Crippen LogP contribution in [0.15, 0.2) is 30.7 Å². The molecule has 0 spiro atoms. The standard InChI is InChI=1S/C19H24N6O/c1-3-11-26-15-5-4-10-25(13-15)19-16-12-21-24(2)18(16)22-17(23-19)14-6-8-20-9-7-14/h6-9,12,15H,3-5,10-11,13H2,1-2H3. The van der Waals surface area contributed by atoms with Gasteiger partial charge in [-0.2, -0.15) is 5.10 Å². The zero-order chi connectivity index (χ0) is 17.9. The molecule has 1 aliphatic rings. The second kappa shape index (κ2) is 7.37. The fourth-order valence-electron chi connectivity index (χ4n) is 3.43. The number of hydrogen-bond donors (Lipinski definition) is 0. The Morgan fingerprint density at radius 2 is 2.08 bits per heavy atom. The van der Waals surface area contributed by atoms with Gasteiger partial charge in [-0.15, -0.1) is 0 Å². The first kappa shape index (κ1) is 16.9. The Kier molecular flexibility index (Phi) is 4.79. The van der Waals surface area contributed by atoms with Crippen LogP contribution in [0.5, 0.6) is 0 Å². The molecular weight excluding hydrogens is 328 g/mol. The molecular formula is C19H24N6O. The van der Waals surface area contributed by atoms with Gasteiger partial charge in [0.2, 0.25) is 0 Å². The van der Waals surface area contributed by atoms with Crippen LogP contribution in [0.3, 0.4) is 0 Å². The van der Waals surface area contributed by atoms with Gasteiger partial charge in [0.1, 0.15) is 5.82 Å². The zero-order valence-electron chi connectivity index (χ0n) is 15.3. The van der Waals surface area contributed by atoms with E-state index >= 15 is 0 Å². The second-order valence-corrected chi connectivity index (χ2v) is 6.69. The van der Waals surface area contributed by atoms with Crippen LogP contribution in [0.2, 0.25) is 0 Å². The fourth-order valence-corrected chi connectivity index (χ4v) is 3.43. The number of ether oxygens (including phenoxy) is 1. The third kappa shape index (κ3) is 3.26. The average molecular weight is 352 g/mol. The van der Waals surface area contributed by atoms with Gasteiger partial charge >= 0.3 is 0 Å². The number of aryl methyl sites for hydroxylation is 1. The molecule has 1 atom stereocenters. The van der Waals surface area contributed by atoms with E-state index in [9.17, 15) is 0 Å². The van der Waals surface area contributed by atoms with Gasteiger partial charge in [-0.1, -0.05) is 6.92 Å². The molecule has 1 aliphatic heterocycles. The predicted molar refractivity (Wildman–Crippen MR) is 101 cm³/mol. The van der Waals surface area contributed by atoms with Gasteiger partial charge in [-0.3, -0.25) is 9.67 Å². The lowest BCUT2D eigenvalue weighted by molar-refractivity contribution is 0.0440. The SMILES string of the molecule is CCCOC1CCCN(c2nc(-c3ccncc3)nc3c2cnn3C)C1. The van der Waals surface area contributed by atoms with E-state index in [1.54, 1.807) is 17.1 Å². The minimum atomic E-state index is 0.259. The predicted octanol–water partition coefficient (Wildman–Crippen LogP) is 2.82. The van der Waals surface area contributed by atoms with Gasteiger partial charge in [0.05, 0.1) is 17.7 Å². The Balaban J connectivity index is 1.74. The number of anilines is 1. The van der Waals surface area contributed by atoms with Crippen LogP contribution in [0.4, 0.5) is 5.82 Å². The lowest BCUT2D eigenvalue weighted by Gasteiger charge is -2.33. The molecule has 1 fully saturated rings. The highest BCUT2D eigenvalue weighted by Crippen LogP contribution is 2.29. The van der Waals surface area contributed by atoms with Crippen LogP contribution in [-0.4, -0.2) is 50.5 Å². The van der Waals surface area contributed by atoms with Crippen LogP contribution in [0, 0.1) is 0 Å². The van der Waals surface area contributed by atoms with E-state index in [4.69, 9.17) is 14.7 Å². The molecule has 0 radical (unpaired) electrons. The van der Waals surface area contributed by atoms with Gasteiger partial charge < -0.3 is 9.64 Å². The van der Waals surface area contributed by atoms with E-state index < -0.39 is 0 Å². The summed E-state index contributed by atoms with van der Waals surface area (Å²) in [6.07, 6.45) is 8.90. The Bertz CT molecular complexity index is 878. The van der Waals surface area contributed by atoms with Crippen LogP contribution >= 0.6 is 0 Å². The largest absolute Gasteiger partial charge is 0.376 e.